The fraction of sp³-hybridized carbons (Fsp3) is 0.471. The van der Waals surface area contributed by atoms with Crippen LogP contribution in [0.15, 0.2) is 30.5 Å². The number of piperidine rings is 1. The van der Waals surface area contributed by atoms with Gasteiger partial charge in [-0.1, -0.05) is 12.1 Å². The van der Waals surface area contributed by atoms with Crippen molar-refractivity contribution in [2.75, 3.05) is 43.6 Å². The fourth-order valence-electron chi connectivity index (χ4n) is 2.99. The van der Waals surface area contributed by atoms with Crippen molar-refractivity contribution in [3.63, 3.8) is 0 Å². The SMILES string of the molecule is COCCNc1cccc2c(N3CCCCC3)nccc12. The number of hydrogen-bond acceptors (Lipinski definition) is 4. The number of hydrogen-bond donors (Lipinski definition) is 1. The van der Waals surface area contributed by atoms with E-state index in [9.17, 15) is 0 Å². The summed E-state index contributed by atoms with van der Waals surface area (Å²) < 4.78 is 5.11. The third-order valence-electron chi connectivity index (χ3n) is 4.06. The van der Waals surface area contributed by atoms with E-state index in [2.05, 4.69) is 39.5 Å². The Bertz CT molecular complexity index is 594. The molecule has 1 aromatic heterocycles. The van der Waals surface area contributed by atoms with Crippen LogP contribution in [0.1, 0.15) is 19.3 Å². The summed E-state index contributed by atoms with van der Waals surface area (Å²) in [7, 11) is 1.73. The van der Waals surface area contributed by atoms with Crippen molar-refractivity contribution in [1.29, 1.82) is 0 Å². The Morgan fingerprint density at radius 2 is 2.00 bits per heavy atom. The highest BCUT2D eigenvalue weighted by molar-refractivity contribution is 6.00. The number of pyridine rings is 1. The van der Waals surface area contributed by atoms with Crippen molar-refractivity contribution in [2.24, 2.45) is 0 Å². The molecular formula is C17H23N3O. The number of rotatable bonds is 5. The summed E-state index contributed by atoms with van der Waals surface area (Å²) in [6.07, 6.45) is 5.80. The summed E-state index contributed by atoms with van der Waals surface area (Å²) in [5.41, 5.74) is 1.16. The normalized spacial score (nSPS) is 15.4. The molecule has 2 heterocycles. The molecule has 1 aliphatic rings. The molecule has 112 valence electrons. The van der Waals surface area contributed by atoms with Crippen LogP contribution in [0.3, 0.4) is 0 Å². The van der Waals surface area contributed by atoms with Crippen molar-refractivity contribution >= 4 is 22.3 Å². The number of ether oxygens (including phenoxy) is 1. The van der Waals surface area contributed by atoms with E-state index >= 15 is 0 Å². The van der Waals surface area contributed by atoms with Gasteiger partial charge in [0.25, 0.3) is 0 Å². The first-order valence-corrected chi connectivity index (χ1v) is 7.75. The van der Waals surface area contributed by atoms with Crippen molar-refractivity contribution in [3.05, 3.63) is 30.5 Å². The maximum absolute atomic E-state index is 5.11. The number of nitrogens with one attached hydrogen (secondary N) is 1. The molecule has 1 fully saturated rings. The Kier molecular flexibility index (Phi) is 4.55. The van der Waals surface area contributed by atoms with Gasteiger partial charge in [-0.15, -0.1) is 0 Å². The summed E-state index contributed by atoms with van der Waals surface area (Å²) in [4.78, 5) is 7.06. The number of anilines is 2. The highest BCUT2D eigenvalue weighted by atomic mass is 16.5. The van der Waals surface area contributed by atoms with Crippen LogP contribution in [-0.2, 0) is 4.74 Å². The molecule has 2 aromatic rings. The standard InChI is InChI=1S/C17H23N3O/c1-21-13-10-18-16-7-5-6-15-14(16)8-9-19-17(15)20-11-3-2-4-12-20/h5-9,18H,2-4,10-13H2,1H3. The molecule has 1 aromatic carbocycles. The highest BCUT2D eigenvalue weighted by Crippen LogP contribution is 2.30. The summed E-state index contributed by atoms with van der Waals surface area (Å²) in [6.45, 7) is 3.76. The lowest BCUT2D eigenvalue weighted by atomic mass is 10.1. The largest absolute Gasteiger partial charge is 0.383 e. The van der Waals surface area contributed by atoms with Gasteiger partial charge in [0.15, 0.2) is 0 Å². The van der Waals surface area contributed by atoms with E-state index in [-0.39, 0.29) is 0 Å². The monoisotopic (exact) mass is 285 g/mol. The van der Waals surface area contributed by atoms with Crippen LogP contribution in [0.4, 0.5) is 11.5 Å². The van der Waals surface area contributed by atoms with E-state index in [1.54, 1.807) is 7.11 Å². The van der Waals surface area contributed by atoms with Crippen LogP contribution in [0.2, 0.25) is 0 Å². The van der Waals surface area contributed by atoms with Gasteiger partial charge >= 0.3 is 0 Å². The first-order chi connectivity index (χ1) is 10.4. The van der Waals surface area contributed by atoms with E-state index in [0.717, 1.165) is 31.1 Å². The van der Waals surface area contributed by atoms with Gasteiger partial charge < -0.3 is 15.0 Å². The van der Waals surface area contributed by atoms with E-state index in [1.165, 1.54) is 30.0 Å². The third kappa shape index (κ3) is 3.10. The molecular weight excluding hydrogens is 262 g/mol. The number of benzene rings is 1. The van der Waals surface area contributed by atoms with Gasteiger partial charge in [0, 0.05) is 49.4 Å². The second kappa shape index (κ2) is 6.76. The zero-order valence-corrected chi connectivity index (χ0v) is 12.6. The quantitative estimate of drug-likeness (QED) is 0.855. The highest BCUT2D eigenvalue weighted by Gasteiger charge is 2.15. The third-order valence-corrected chi connectivity index (χ3v) is 4.06. The van der Waals surface area contributed by atoms with Gasteiger partial charge in [-0.2, -0.15) is 0 Å². The van der Waals surface area contributed by atoms with Gasteiger partial charge in [-0.05, 0) is 31.4 Å². The summed E-state index contributed by atoms with van der Waals surface area (Å²) in [5, 5.41) is 5.93. The molecule has 0 unspecified atom stereocenters. The molecule has 0 spiro atoms. The number of fused-ring (bicyclic) bond motifs is 1. The molecule has 0 amide bonds. The predicted molar refractivity (Wildman–Crippen MR) is 88.2 cm³/mol. The number of methoxy groups -OCH3 is 1. The van der Waals surface area contributed by atoms with Gasteiger partial charge in [0.2, 0.25) is 0 Å². The maximum atomic E-state index is 5.11. The van der Waals surface area contributed by atoms with Gasteiger partial charge in [0.05, 0.1) is 6.61 Å². The fourth-order valence-corrected chi connectivity index (χ4v) is 2.99. The first kappa shape index (κ1) is 14.1. The average molecular weight is 285 g/mol. The Morgan fingerprint density at radius 1 is 1.14 bits per heavy atom. The van der Waals surface area contributed by atoms with Crippen molar-refractivity contribution in [1.82, 2.24) is 4.98 Å². The summed E-state index contributed by atoms with van der Waals surface area (Å²) in [5.74, 6) is 1.13. The minimum atomic E-state index is 0.709. The molecule has 0 atom stereocenters. The molecule has 3 rings (SSSR count). The predicted octanol–water partition coefficient (Wildman–Crippen LogP) is 3.28. The Morgan fingerprint density at radius 3 is 2.81 bits per heavy atom. The first-order valence-electron chi connectivity index (χ1n) is 7.75. The molecule has 4 heteroatoms. The van der Waals surface area contributed by atoms with E-state index < -0.39 is 0 Å². The van der Waals surface area contributed by atoms with Crippen LogP contribution in [0, 0.1) is 0 Å². The van der Waals surface area contributed by atoms with Crippen molar-refractivity contribution in [2.45, 2.75) is 19.3 Å². The minimum absolute atomic E-state index is 0.709. The molecule has 4 nitrogen and oxygen atoms in total. The molecule has 0 bridgehead atoms. The second-order valence-electron chi connectivity index (χ2n) is 5.50. The Hall–Kier alpha value is -1.81. The van der Waals surface area contributed by atoms with Crippen LogP contribution in [0.5, 0.6) is 0 Å². The number of nitrogens with zero attached hydrogens (tertiary/aromatic N) is 2. The topological polar surface area (TPSA) is 37.4 Å². The zero-order valence-electron chi connectivity index (χ0n) is 12.6. The molecule has 1 saturated heterocycles. The lowest BCUT2D eigenvalue weighted by Gasteiger charge is -2.28. The van der Waals surface area contributed by atoms with Crippen molar-refractivity contribution in [3.8, 4) is 0 Å². The van der Waals surface area contributed by atoms with Crippen LogP contribution >= 0.6 is 0 Å². The zero-order chi connectivity index (χ0) is 14.5. The number of aromatic nitrogens is 1. The van der Waals surface area contributed by atoms with Gasteiger partial charge in [-0.3, -0.25) is 0 Å². The summed E-state index contributed by atoms with van der Waals surface area (Å²) >= 11 is 0. The lowest BCUT2D eigenvalue weighted by Crippen LogP contribution is -2.30. The second-order valence-corrected chi connectivity index (χ2v) is 5.50. The summed E-state index contributed by atoms with van der Waals surface area (Å²) in [6, 6.07) is 8.50. The van der Waals surface area contributed by atoms with Crippen LogP contribution in [0.25, 0.3) is 10.8 Å². The smallest absolute Gasteiger partial charge is 0.136 e. The lowest BCUT2D eigenvalue weighted by molar-refractivity contribution is 0.211. The van der Waals surface area contributed by atoms with Gasteiger partial charge in [-0.25, -0.2) is 4.98 Å². The molecule has 0 aliphatic carbocycles. The molecule has 1 aliphatic heterocycles. The van der Waals surface area contributed by atoms with Crippen LogP contribution in [-0.4, -0.2) is 38.3 Å². The average Bonchev–Trinajstić information content (AvgIpc) is 2.55. The van der Waals surface area contributed by atoms with Crippen LogP contribution < -0.4 is 10.2 Å². The van der Waals surface area contributed by atoms with Gasteiger partial charge in [0.1, 0.15) is 5.82 Å². The maximum Gasteiger partial charge on any atom is 0.136 e. The molecule has 21 heavy (non-hydrogen) atoms. The van der Waals surface area contributed by atoms with Crippen molar-refractivity contribution < 1.29 is 4.74 Å². The molecule has 0 radical (unpaired) electrons. The van der Waals surface area contributed by atoms with E-state index in [4.69, 9.17) is 4.74 Å². The minimum Gasteiger partial charge on any atom is -0.383 e. The molecule has 0 saturated carbocycles. The van der Waals surface area contributed by atoms with E-state index in [1.807, 2.05) is 6.20 Å². The Balaban J connectivity index is 1.93. The Labute approximate surface area is 126 Å². The molecule has 1 N–H and O–H groups in total. The van der Waals surface area contributed by atoms with E-state index in [0.29, 0.717) is 6.61 Å².